The second kappa shape index (κ2) is 14.3. The molecule has 0 saturated carbocycles. The predicted octanol–water partition coefficient (Wildman–Crippen LogP) is 2.26. The molecule has 0 aliphatic carbocycles. The highest BCUT2D eigenvalue weighted by Gasteiger charge is 2.24. The lowest BCUT2D eigenvalue weighted by molar-refractivity contribution is -0.385. The lowest BCUT2D eigenvalue weighted by atomic mass is 9.97. The van der Waals surface area contributed by atoms with Crippen molar-refractivity contribution in [1.29, 1.82) is 0 Å². The molecule has 0 bridgehead atoms. The number of nitro benzene ring substituents is 1. The maximum atomic E-state index is 12.0. The first-order valence-electron chi connectivity index (χ1n) is 12.7. The van der Waals surface area contributed by atoms with E-state index in [0.717, 1.165) is 37.2 Å². The molecule has 0 spiro atoms. The first-order chi connectivity index (χ1) is 18.2. The van der Waals surface area contributed by atoms with Gasteiger partial charge in [-0.3, -0.25) is 19.7 Å². The number of esters is 1. The summed E-state index contributed by atoms with van der Waals surface area (Å²) < 4.78 is 16.6. The van der Waals surface area contributed by atoms with Gasteiger partial charge in [0.1, 0.15) is 24.2 Å². The molecule has 0 radical (unpaired) electrons. The van der Waals surface area contributed by atoms with E-state index in [1.165, 1.54) is 12.1 Å². The minimum Gasteiger partial charge on any atom is -0.493 e. The molecule has 1 amide bonds. The number of ether oxygens (including phenoxy) is 3. The van der Waals surface area contributed by atoms with E-state index in [1.54, 1.807) is 13.0 Å². The van der Waals surface area contributed by atoms with E-state index in [9.17, 15) is 24.8 Å². The first-order valence-corrected chi connectivity index (χ1v) is 12.7. The van der Waals surface area contributed by atoms with Gasteiger partial charge in [0.05, 0.1) is 36.5 Å². The molecule has 3 N–H and O–H groups in total. The van der Waals surface area contributed by atoms with E-state index in [-0.39, 0.29) is 49.0 Å². The van der Waals surface area contributed by atoms with Crippen molar-refractivity contribution in [3.63, 3.8) is 0 Å². The third kappa shape index (κ3) is 9.00. The fourth-order valence-electron chi connectivity index (χ4n) is 4.39. The van der Waals surface area contributed by atoms with Crippen molar-refractivity contribution >= 4 is 17.6 Å². The van der Waals surface area contributed by atoms with Crippen molar-refractivity contribution in [3.05, 3.63) is 63.7 Å². The van der Waals surface area contributed by atoms with Crippen LogP contribution < -0.4 is 15.2 Å². The maximum Gasteiger partial charge on any atom is 0.310 e. The molecular weight excluding hydrogens is 494 g/mol. The molecule has 1 saturated heterocycles. The van der Waals surface area contributed by atoms with E-state index in [2.05, 4.69) is 4.90 Å². The van der Waals surface area contributed by atoms with Crippen molar-refractivity contribution in [2.24, 2.45) is 11.7 Å². The number of carbonyl (C=O) groups excluding carboxylic acids is 2. The summed E-state index contributed by atoms with van der Waals surface area (Å²) in [7, 11) is 0. The molecule has 1 heterocycles. The van der Waals surface area contributed by atoms with Crippen LogP contribution >= 0.6 is 0 Å². The zero-order valence-electron chi connectivity index (χ0n) is 21.5. The lowest BCUT2D eigenvalue weighted by Gasteiger charge is -2.33. The number of β-amino-alcohol motifs (C(OH)–C–C–N with tert-alkyl or cyclic N) is 1. The standard InChI is InChI=1S/C27H35N3O8/c1-2-36-27(33)15-23-24(30(34)35)4-3-5-25(23)38-18-21(31)16-29-12-10-20(11-13-29)17-37-22-8-6-19(7-9-22)14-26(28)32/h3-9,20-21,31H,2,10-18H2,1H3,(H2,28,32). The van der Waals surface area contributed by atoms with Gasteiger partial charge in [0.25, 0.3) is 5.69 Å². The largest absolute Gasteiger partial charge is 0.493 e. The van der Waals surface area contributed by atoms with Crippen LogP contribution in [0.4, 0.5) is 5.69 Å². The third-order valence-electron chi connectivity index (χ3n) is 6.33. The monoisotopic (exact) mass is 529 g/mol. The Morgan fingerprint density at radius 1 is 1.13 bits per heavy atom. The average molecular weight is 530 g/mol. The highest BCUT2D eigenvalue weighted by atomic mass is 16.6. The van der Waals surface area contributed by atoms with Crippen LogP contribution in [0.2, 0.25) is 0 Å². The number of nitrogens with zero attached hydrogens (tertiary/aromatic N) is 2. The van der Waals surface area contributed by atoms with Crippen LogP contribution in [0.25, 0.3) is 0 Å². The van der Waals surface area contributed by atoms with Crippen LogP contribution in [0, 0.1) is 16.0 Å². The van der Waals surface area contributed by atoms with Gasteiger partial charge in [-0.15, -0.1) is 0 Å². The fourth-order valence-corrected chi connectivity index (χ4v) is 4.39. The maximum absolute atomic E-state index is 12.0. The van der Waals surface area contributed by atoms with E-state index < -0.39 is 17.0 Å². The van der Waals surface area contributed by atoms with Gasteiger partial charge < -0.3 is 30.0 Å². The number of aliphatic hydroxyl groups is 1. The molecule has 1 aliphatic rings. The Morgan fingerprint density at radius 2 is 1.84 bits per heavy atom. The smallest absolute Gasteiger partial charge is 0.310 e. The number of primary amides is 1. The molecule has 1 aliphatic heterocycles. The van der Waals surface area contributed by atoms with Gasteiger partial charge in [-0.1, -0.05) is 18.2 Å². The molecular formula is C27H35N3O8. The summed E-state index contributed by atoms with van der Waals surface area (Å²) in [6.45, 7) is 4.35. The van der Waals surface area contributed by atoms with Gasteiger partial charge in [0, 0.05) is 12.6 Å². The van der Waals surface area contributed by atoms with Crippen molar-refractivity contribution < 1.29 is 33.8 Å². The van der Waals surface area contributed by atoms with Crippen LogP contribution in [0.3, 0.4) is 0 Å². The Balaban J connectivity index is 1.43. The summed E-state index contributed by atoms with van der Waals surface area (Å²) >= 11 is 0. The summed E-state index contributed by atoms with van der Waals surface area (Å²) in [5.74, 6) is 0.366. The molecule has 0 aromatic heterocycles. The Kier molecular flexibility index (Phi) is 10.9. The van der Waals surface area contributed by atoms with Crippen molar-refractivity contribution in [2.75, 3.05) is 39.5 Å². The zero-order chi connectivity index (χ0) is 27.5. The highest BCUT2D eigenvalue weighted by molar-refractivity contribution is 5.76. The van der Waals surface area contributed by atoms with Gasteiger partial charge in [0.2, 0.25) is 5.91 Å². The van der Waals surface area contributed by atoms with E-state index in [4.69, 9.17) is 19.9 Å². The molecule has 1 unspecified atom stereocenters. The number of likely N-dealkylation sites (tertiary alicyclic amines) is 1. The van der Waals surface area contributed by atoms with Gasteiger partial charge in [0.15, 0.2) is 0 Å². The van der Waals surface area contributed by atoms with Crippen LogP contribution in [-0.4, -0.2) is 72.4 Å². The zero-order valence-corrected chi connectivity index (χ0v) is 21.5. The lowest BCUT2D eigenvalue weighted by Crippen LogP contribution is -2.41. The van der Waals surface area contributed by atoms with E-state index in [0.29, 0.717) is 19.1 Å². The Labute approximate surface area is 221 Å². The number of benzene rings is 2. The minimum absolute atomic E-state index is 0.0637. The summed E-state index contributed by atoms with van der Waals surface area (Å²) in [5.41, 5.74) is 5.97. The molecule has 11 heteroatoms. The number of aliphatic hydroxyl groups excluding tert-OH is 1. The SMILES string of the molecule is CCOC(=O)Cc1c(OCC(O)CN2CCC(COc3ccc(CC(N)=O)cc3)CC2)cccc1[N+](=O)[O-]. The molecule has 1 atom stereocenters. The second-order valence-electron chi connectivity index (χ2n) is 9.30. The van der Waals surface area contributed by atoms with Gasteiger partial charge >= 0.3 is 5.97 Å². The summed E-state index contributed by atoms with van der Waals surface area (Å²) in [5, 5.41) is 22.0. The summed E-state index contributed by atoms with van der Waals surface area (Å²) in [6, 6.07) is 11.7. The second-order valence-corrected chi connectivity index (χ2v) is 9.30. The van der Waals surface area contributed by atoms with E-state index >= 15 is 0 Å². The number of nitrogens with two attached hydrogens (primary N) is 1. The molecule has 2 aromatic carbocycles. The van der Waals surface area contributed by atoms with Gasteiger partial charge in [-0.25, -0.2) is 0 Å². The topological polar surface area (TPSA) is 154 Å². The molecule has 206 valence electrons. The number of nitro groups is 1. The minimum atomic E-state index is -0.809. The quantitative estimate of drug-likeness (QED) is 0.213. The number of hydrogen-bond acceptors (Lipinski definition) is 9. The van der Waals surface area contributed by atoms with E-state index in [1.807, 2.05) is 24.3 Å². The van der Waals surface area contributed by atoms with Crippen LogP contribution in [0.15, 0.2) is 42.5 Å². The molecule has 1 fully saturated rings. The Morgan fingerprint density at radius 3 is 2.47 bits per heavy atom. The summed E-state index contributed by atoms with van der Waals surface area (Å²) in [6.07, 6.45) is 0.944. The number of piperidine rings is 1. The predicted molar refractivity (Wildman–Crippen MR) is 139 cm³/mol. The van der Waals surface area contributed by atoms with Gasteiger partial charge in [-0.2, -0.15) is 0 Å². The molecule has 11 nitrogen and oxygen atoms in total. The third-order valence-corrected chi connectivity index (χ3v) is 6.33. The number of carbonyl (C=O) groups is 2. The normalized spacial score (nSPS) is 15.0. The molecule has 3 rings (SSSR count). The van der Waals surface area contributed by atoms with Crippen molar-refractivity contribution in [2.45, 2.75) is 38.7 Å². The number of amides is 1. The Hall–Kier alpha value is -3.70. The fraction of sp³-hybridized carbons (Fsp3) is 0.481. The highest BCUT2D eigenvalue weighted by Crippen LogP contribution is 2.29. The van der Waals surface area contributed by atoms with Crippen molar-refractivity contribution in [3.8, 4) is 11.5 Å². The molecule has 2 aromatic rings. The number of hydrogen-bond donors (Lipinski definition) is 2. The van der Waals surface area contributed by atoms with Crippen molar-refractivity contribution in [1.82, 2.24) is 4.90 Å². The Bertz CT molecular complexity index is 1080. The van der Waals surface area contributed by atoms with Gasteiger partial charge in [-0.05, 0) is 62.5 Å². The average Bonchev–Trinajstić information content (AvgIpc) is 2.88. The van der Waals surface area contributed by atoms with Crippen LogP contribution in [0.5, 0.6) is 11.5 Å². The number of rotatable bonds is 14. The first kappa shape index (κ1) is 28.9. The van der Waals surface area contributed by atoms with Crippen LogP contribution in [0.1, 0.15) is 30.9 Å². The summed E-state index contributed by atoms with van der Waals surface area (Å²) in [4.78, 5) is 36.0. The van der Waals surface area contributed by atoms with Crippen LogP contribution in [-0.2, 0) is 27.2 Å². The molecule has 38 heavy (non-hydrogen) atoms.